The van der Waals surface area contributed by atoms with Crippen molar-refractivity contribution >= 4 is 33.6 Å². The van der Waals surface area contributed by atoms with Crippen LogP contribution in [0, 0.1) is 0 Å². The number of nitrogens with zero attached hydrogens (tertiary/aromatic N) is 5. The van der Waals surface area contributed by atoms with Gasteiger partial charge >= 0.3 is 0 Å². The Morgan fingerprint density at radius 3 is 2.54 bits per heavy atom. The zero-order chi connectivity index (χ0) is 26.6. The molecule has 4 aromatic rings. The number of aromatic nitrogens is 3. The molecular formula is C31H31BrN6O. The van der Waals surface area contributed by atoms with E-state index < -0.39 is 0 Å². The first-order valence-electron chi connectivity index (χ1n) is 13.4. The number of rotatable bonds is 7. The topological polar surface area (TPSA) is 66.3 Å². The van der Waals surface area contributed by atoms with Gasteiger partial charge in [-0.1, -0.05) is 70.5 Å². The van der Waals surface area contributed by atoms with E-state index in [2.05, 4.69) is 100 Å². The van der Waals surface area contributed by atoms with Crippen LogP contribution in [0.3, 0.4) is 0 Å². The van der Waals surface area contributed by atoms with Crippen molar-refractivity contribution in [3.63, 3.8) is 0 Å². The van der Waals surface area contributed by atoms with Crippen molar-refractivity contribution in [2.45, 2.75) is 12.8 Å². The van der Waals surface area contributed by atoms with Crippen molar-refractivity contribution < 1.29 is 4.79 Å². The summed E-state index contributed by atoms with van der Waals surface area (Å²) in [5.74, 6) is 1.82. The Morgan fingerprint density at radius 2 is 1.72 bits per heavy atom. The minimum absolute atomic E-state index is 0.0306. The first kappa shape index (κ1) is 25.7. The summed E-state index contributed by atoms with van der Waals surface area (Å²) in [4.78, 5) is 17.5. The summed E-state index contributed by atoms with van der Waals surface area (Å²) >= 11 is 3.56. The highest BCUT2D eigenvalue weighted by Crippen LogP contribution is 2.32. The molecule has 0 atom stereocenters. The number of piperazine rings is 1. The summed E-state index contributed by atoms with van der Waals surface area (Å²) in [7, 11) is 0. The molecule has 0 radical (unpaired) electrons. The van der Waals surface area contributed by atoms with Gasteiger partial charge in [0.15, 0.2) is 5.82 Å². The lowest BCUT2D eigenvalue weighted by Crippen LogP contribution is -2.48. The van der Waals surface area contributed by atoms with Gasteiger partial charge in [-0.15, -0.1) is 10.2 Å². The fourth-order valence-electron chi connectivity index (χ4n) is 5.31. The molecule has 39 heavy (non-hydrogen) atoms. The molecule has 7 nitrogen and oxygen atoms in total. The number of amides is 1. The lowest BCUT2D eigenvalue weighted by molar-refractivity contribution is -0.117. The third-order valence-corrected chi connectivity index (χ3v) is 7.83. The van der Waals surface area contributed by atoms with Crippen LogP contribution in [0.2, 0.25) is 0 Å². The van der Waals surface area contributed by atoms with Crippen LogP contribution in [0.5, 0.6) is 0 Å². The van der Waals surface area contributed by atoms with Crippen molar-refractivity contribution in [3.8, 4) is 17.1 Å². The molecule has 0 bridgehead atoms. The predicted octanol–water partition coefficient (Wildman–Crippen LogP) is 5.06. The van der Waals surface area contributed by atoms with Gasteiger partial charge in [0.25, 0.3) is 0 Å². The molecule has 3 aromatic carbocycles. The van der Waals surface area contributed by atoms with E-state index in [0.29, 0.717) is 6.54 Å². The molecule has 1 fully saturated rings. The lowest BCUT2D eigenvalue weighted by atomic mass is 10.0. The molecule has 2 aliphatic heterocycles. The molecule has 0 saturated carbocycles. The molecule has 8 heteroatoms. The average Bonchev–Trinajstić information content (AvgIpc) is 3.39. The Hall–Kier alpha value is -3.59. The molecule has 6 rings (SSSR count). The quantitative estimate of drug-likeness (QED) is 0.330. The van der Waals surface area contributed by atoms with Crippen molar-refractivity contribution in [3.05, 3.63) is 100 Å². The summed E-state index contributed by atoms with van der Waals surface area (Å²) in [6.07, 6.45) is 6.08. The zero-order valence-corrected chi connectivity index (χ0v) is 23.3. The third-order valence-electron chi connectivity index (χ3n) is 7.34. The van der Waals surface area contributed by atoms with E-state index in [1.165, 1.54) is 11.1 Å². The number of fused-ring (bicyclic) bond motifs is 3. The number of aryl methyl sites for hydroxylation is 2. The number of benzene rings is 3. The second-order valence-electron chi connectivity index (χ2n) is 10.1. The zero-order valence-electron chi connectivity index (χ0n) is 21.8. The van der Waals surface area contributed by atoms with E-state index in [-0.39, 0.29) is 5.91 Å². The standard InChI is InChI=1S/C31H31BrN6O/c32-26-10-4-9-25(20-26)31-35-34-29-14-11-24-21-27(12-13-28(24)38(29)31)33-30(39)22-37-18-16-36(17-19-37)15-5-8-23-6-2-1-3-7-23/h1-10,12-13,20-21H,11,14-19,22H2,(H,33,39)/b8-5+. The lowest BCUT2D eigenvalue weighted by Gasteiger charge is -2.33. The Balaban J connectivity index is 1.04. The molecule has 0 unspecified atom stereocenters. The maximum Gasteiger partial charge on any atom is 0.238 e. The van der Waals surface area contributed by atoms with E-state index in [4.69, 9.17) is 0 Å². The average molecular weight is 584 g/mol. The SMILES string of the molecule is O=C(CN1CCN(C/C=C/c2ccccc2)CC1)Nc1ccc2c(c1)CCc1nnc(-c3cccc(Br)c3)n1-2. The van der Waals surface area contributed by atoms with Gasteiger partial charge < -0.3 is 5.32 Å². The number of hydrogen-bond acceptors (Lipinski definition) is 5. The molecular weight excluding hydrogens is 552 g/mol. The Bertz CT molecular complexity index is 1490. The smallest absolute Gasteiger partial charge is 0.238 e. The van der Waals surface area contributed by atoms with Crippen LogP contribution in [0.15, 0.2) is 83.3 Å². The first-order chi connectivity index (χ1) is 19.1. The second-order valence-corrected chi connectivity index (χ2v) is 11.0. The van der Waals surface area contributed by atoms with E-state index in [1.807, 2.05) is 30.3 Å². The summed E-state index contributed by atoms with van der Waals surface area (Å²) in [6.45, 7) is 5.06. The van der Waals surface area contributed by atoms with Gasteiger partial charge in [-0.3, -0.25) is 19.2 Å². The highest BCUT2D eigenvalue weighted by molar-refractivity contribution is 9.10. The van der Waals surface area contributed by atoms with Crippen LogP contribution < -0.4 is 5.32 Å². The van der Waals surface area contributed by atoms with Gasteiger partial charge in [0, 0.05) is 54.9 Å². The number of hydrogen-bond donors (Lipinski definition) is 1. The molecule has 198 valence electrons. The largest absolute Gasteiger partial charge is 0.325 e. The summed E-state index contributed by atoms with van der Waals surface area (Å²) in [5, 5.41) is 12.1. The van der Waals surface area contributed by atoms with Crippen LogP contribution in [-0.2, 0) is 17.6 Å². The summed E-state index contributed by atoms with van der Waals surface area (Å²) in [6, 6.07) is 24.6. The van der Waals surface area contributed by atoms with Crippen molar-refractivity contribution in [1.29, 1.82) is 0 Å². The van der Waals surface area contributed by atoms with E-state index in [1.54, 1.807) is 0 Å². The molecule has 1 amide bonds. The van der Waals surface area contributed by atoms with Crippen LogP contribution in [-0.4, -0.2) is 69.7 Å². The van der Waals surface area contributed by atoms with Crippen molar-refractivity contribution in [1.82, 2.24) is 24.6 Å². The third kappa shape index (κ3) is 6.03. The Morgan fingerprint density at radius 1 is 0.897 bits per heavy atom. The van der Waals surface area contributed by atoms with E-state index in [9.17, 15) is 4.79 Å². The van der Waals surface area contributed by atoms with Gasteiger partial charge in [0.05, 0.1) is 12.2 Å². The molecule has 2 aliphatic rings. The monoisotopic (exact) mass is 582 g/mol. The highest BCUT2D eigenvalue weighted by Gasteiger charge is 2.23. The van der Waals surface area contributed by atoms with Crippen molar-refractivity contribution in [2.24, 2.45) is 0 Å². The van der Waals surface area contributed by atoms with Gasteiger partial charge in [0.1, 0.15) is 5.82 Å². The van der Waals surface area contributed by atoms with Crippen molar-refractivity contribution in [2.75, 3.05) is 44.6 Å². The predicted molar refractivity (Wildman–Crippen MR) is 159 cm³/mol. The van der Waals surface area contributed by atoms with E-state index in [0.717, 1.165) is 78.6 Å². The molecule has 1 saturated heterocycles. The van der Waals surface area contributed by atoms with E-state index >= 15 is 0 Å². The number of carbonyl (C=O) groups excluding carboxylic acids is 1. The fraction of sp³-hybridized carbons (Fsp3) is 0.258. The summed E-state index contributed by atoms with van der Waals surface area (Å²) in [5.41, 5.74) is 5.34. The van der Waals surface area contributed by atoms with Crippen LogP contribution in [0.1, 0.15) is 17.0 Å². The Kier molecular flexibility index (Phi) is 7.67. The van der Waals surface area contributed by atoms with Gasteiger partial charge in [-0.25, -0.2) is 0 Å². The maximum atomic E-state index is 12.9. The normalized spacial score (nSPS) is 15.7. The van der Waals surface area contributed by atoms with Gasteiger partial charge in [-0.2, -0.15) is 0 Å². The minimum atomic E-state index is 0.0306. The molecule has 3 heterocycles. The summed E-state index contributed by atoms with van der Waals surface area (Å²) < 4.78 is 3.15. The maximum absolute atomic E-state index is 12.9. The van der Waals surface area contributed by atoms with Gasteiger partial charge in [0.2, 0.25) is 5.91 Å². The fourth-order valence-corrected chi connectivity index (χ4v) is 5.71. The van der Waals surface area contributed by atoms with Crippen LogP contribution in [0.4, 0.5) is 5.69 Å². The number of nitrogens with one attached hydrogen (secondary N) is 1. The highest BCUT2D eigenvalue weighted by atomic mass is 79.9. The second kappa shape index (κ2) is 11.7. The molecule has 0 spiro atoms. The molecule has 1 N–H and O–H groups in total. The van der Waals surface area contributed by atoms with Crippen LogP contribution >= 0.6 is 15.9 Å². The minimum Gasteiger partial charge on any atom is -0.325 e. The molecule has 1 aromatic heterocycles. The number of anilines is 1. The Labute approximate surface area is 237 Å². The van der Waals surface area contributed by atoms with Crippen LogP contribution in [0.25, 0.3) is 23.2 Å². The first-order valence-corrected chi connectivity index (χ1v) is 14.2. The molecule has 0 aliphatic carbocycles. The number of halogens is 1. The number of carbonyl (C=O) groups is 1. The van der Waals surface area contributed by atoms with Gasteiger partial charge in [-0.05, 0) is 47.9 Å².